The lowest BCUT2D eigenvalue weighted by Crippen LogP contribution is -2.23. The second-order valence-corrected chi connectivity index (χ2v) is 7.27. The molecule has 30 heavy (non-hydrogen) atoms. The van der Waals surface area contributed by atoms with Gasteiger partial charge in [-0.05, 0) is 49.9 Å². The highest BCUT2D eigenvalue weighted by Crippen LogP contribution is 2.17. The van der Waals surface area contributed by atoms with Crippen molar-refractivity contribution in [2.24, 2.45) is 0 Å². The van der Waals surface area contributed by atoms with Crippen molar-refractivity contribution in [1.29, 1.82) is 0 Å². The van der Waals surface area contributed by atoms with Crippen LogP contribution in [0.3, 0.4) is 0 Å². The first-order valence-corrected chi connectivity index (χ1v) is 10.4. The highest BCUT2D eigenvalue weighted by atomic mass is 16.5. The number of benzene rings is 1. The molecule has 0 bridgehead atoms. The van der Waals surface area contributed by atoms with Gasteiger partial charge in [0.15, 0.2) is 0 Å². The van der Waals surface area contributed by atoms with E-state index in [1.807, 2.05) is 44.2 Å². The third-order valence-corrected chi connectivity index (χ3v) is 5.02. The molecule has 0 aliphatic carbocycles. The van der Waals surface area contributed by atoms with Gasteiger partial charge in [-0.1, -0.05) is 37.2 Å². The largest absolute Gasteiger partial charge is 0.339 e. The number of anilines is 1. The number of nitrogens with one attached hydrogen (secondary N) is 1. The summed E-state index contributed by atoms with van der Waals surface area (Å²) in [4.78, 5) is 29.3. The Bertz CT molecular complexity index is 1070. The summed E-state index contributed by atoms with van der Waals surface area (Å²) in [5.41, 5.74) is 3.19. The van der Waals surface area contributed by atoms with Gasteiger partial charge in [0.05, 0.1) is 5.56 Å². The maximum atomic E-state index is 12.7. The standard InChI is InChI=1S/C23H28N4O3/c1-4-15-27-16(3)13-14-18(23(27)29)22-25-21(30-26-22)12-8-11-20(28)24-19-10-7-6-9-17(19)5-2/h6-7,9-10,13-14H,4-5,8,11-12,15H2,1-3H3,(H,24,28). The normalized spacial score (nSPS) is 10.9. The molecule has 0 fully saturated rings. The summed E-state index contributed by atoms with van der Waals surface area (Å²) in [6, 6.07) is 11.4. The molecule has 0 radical (unpaired) electrons. The van der Waals surface area contributed by atoms with Crippen LogP contribution in [0.1, 0.15) is 50.3 Å². The molecule has 0 unspecified atom stereocenters. The molecule has 0 aliphatic heterocycles. The molecule has 0 spiro atoms. The molecule has 0 saturated heterocycles. The lowest BCUT2D eigenvalue weighted by Gasteiger charge is -2.09. The third kappa shape index (κ3) is 5.03. The van der Waals surface area contributed by atoms with Gasteiger partial charge in [-0.25, -0.2) is 0 Å². The number of rotatable bonds is 9. The lowest BCUT2D eigenvalue weighted by atomic mass is 10.1. The van der Waals surface area contributed by atoms with Gasteiger partial charge >= 0.3 is 0 Å². The minimum Gasteiger partial charge on any atom is -0.339 e. The van der Waals surface area contributed by atoms with Crippen LogP contribution in [0.2, 0.25) is 0 Å². The van der Waals surface area contributed by atoms with Crippen molar-refractivity contribution in [3.05, 3.63) is 63.9 Å². The van der Waals surface area contributed by atoms with Crippen molar-refractivity contribution in [3.63, 3.8) is 0 Å². The molecular formula is C23H28N4O3. The summed E-state index contributed by atoms with van der Waals surface area (Å²) in [6.07, 6.45) is 3.14. The maximum absolute atomic E-state index is 12.7. The van der Waals surface area contributed by atoms with Gasteiger partial charge in [0, 0.05) is 30.8 Å². The summed E-state index contributed by atoms with van der Waals surface area (Å²) < 4.78 is 7.03. The Morgan fingerprint density at radius 2 is 1.97 bits per heavy atom. The first kappa shape index (κ1) is 21.5. The van der Waals surface area contributed by atoms with Crippen LogP contribution < -0.4 is 10.9 Å². The molecule has 3 rings (SSSR count). The van der Waals surface area contributed by atoms with E-state index in [1.165, 1.54) is 0 Å². The van der Waals surface area contributed by atoms with Crippen molar-refractivity contribution in [2.45, 2.75) is 59.4 Å². The Hall–Kier alpha value is -3.22. The van der Waals surface area contributed by atoms with Crippen LogP contribution in [-0.4, -0.2) is 20.6 Å². The quantitative estimate of drug-likeness (QED) is 0.575. The minimum atomic E-state index is -0.113. The molecule has 1 aromatic carbocycles. The fourth-order valence-corrected chi connectivity index (χ4v) is 3.37. The van der Waals surface area contributed by atoms with Gasteiger partial charge in [-0.2, -0.15) is 4.98 Å². The molecule has 7 heteroatoms. The number of carbonyl (C=O) groups is 1. The average molecular weight is 409 g/mol. The van der Waals surface area contributed by atoms with Gasteiger partial charge < -0.3 is 14.4 Å². The Labute approximate surface area is 176 Å². The number of carbonyl (C=O) groups excluding carboxylic acids is 1. The van der Waals surface area contributed by atoms with Crippen molar-refractivity contribution in [3.8, 4) is 11.4 Å². The molecule has 0 aliphatic rings. The molecule has 2 aromatic heterocycles. The van der Waals surface area contributed by atoms with E-state index in [1.54, 1.807) is 10.6 Å². The highest BCUT2D eigenvalue weighted by molar-refractivity contribution is 5.91. The number of aromatic nitrogens is 3. The number of amides is 1. The Balaban J connectivity index is 1.59. The molecule has 0 saturated carbocycles. The fourth-order valence-electron chi connectivity index (χ4n) is 3.37. The summed E-state index contributed by atoms with van der Waals surface area (Å²) in [5, 5.41) is 6.93. The molecule has 3 aromatic rings. The fraction of sp³-hybridized carbons (Fsp3) is 0.391. The van der Waals surface area contributed by atoms with Gasteiger partial charge in [-0.3, -0.25) is 9.59 Å². The first-order chi connectivity index (χ1) is 14.5. The third-order valence-electron chi connectivity index (χ3n) is 5.02. The topological polar surface area (TPSA) is 90.0 Å². The first-order valence-electron chi connectivity index (χ1n) is 10.4. The summed E-state index contributed by atoms with van der Waals surface area (Å²) >= 11 is 0. The minimum absolute atomic E-state index is 0.0448. The number of aryl methyl sites for hydroxylation is 3. The number of para-hydroxylation sites is 1. The van der Waals surface area contributed by atoms with Crippen molar-refractivity contribution >= 4 is 11.6 Å². The Kier molecular flexibility index (Phi) is 7.17. The predicted molar refractivity (Wildman–Crippen MR) is 116 cm³/mol. The number of hydrogen-bond acceptors (Lipinski definition) is 5. The predicted octanol–water partition coefficient (Wildman–Crippen LogP) is 4.14. The van der Waals surface area contributed by atoms with Crippen LogP contribution in [0, 0.1) is 6.92 Å². The molecular weight excluding hydrogens is 380 g/mol. The zero-order chi connectivity index (χ0) is 21.5. The number of nitrogens with zero attached hydrogens (tertiary/aromatic N) is 3. The molecule has 1 amide bonds. The number of pyridine rings is 1. The van der Waals surface area contributed by atoms with E-state index in [9.17, 15) is 9.59 Å². The van der Waals surface area contributed by atoms with Crippen LogP contribution in [0.25, 0.3) is 11.4 Å². The van der Waals surface area contributed by atoms with Crippen LogP contribution in [0.5, 0.6) is 0 Å². The monoisotopic (exact) mass is 408 g/mol. The molecule has 2 heterocycles. The lowest BCUT2D eigenvalue weighted by molar-refractivity contribution is -0.116. The number of hydrogen-bond donors (Lipinski definition) is 1. The van der Waals surface area contributed by atoms with E-state index in [-0.39, 0.29) is 11.5 Å². The van der Waals surface area contributed by atoms with Crippen LogP contribution in [0.15, 0.2) is 45.7 Å². The summed E-state index contributed by atoms with van der Waals surface area (Å²) in [5.74, 6) is 0.673. The van der Waals surface area contributed by atoms with Gasteiger partial charge in [0.25, 0.3) is 5.56 Å². The van der Waals surface area contributed by atoms with Crippen LogP contribution >= 0.6 is 0 Å². The second-order valence-electron chi connectivity index (χ2n) is 7.27. The van der Waals surface area contributed by atoms with E-state index >= 15 is 0 Å². The smallest absolute Gasteiger partial charge is 0.261 e. The molecule has 7 nitrogen and oxygen atoms in total. The molecule has 1 N–H and O–H groups in total. The van der Waals surface area contributed by atoms with Gasteiger partial charge in [0.1, 0.15) is 0 Å². The van der Waals surface area contributed by atoms with E-state index in [0.29, 0.717) is 43.1 Å². The summed E-state index contributed by atoms with van der Waals surface area (Å²) in [7, 11) is 0. The molecule has 158 valence electrons. The van der Waals surface area contributed by atoms with Gasteiger partial charge in [-0.15, -0.1) is 0 Å². The van der Waals surface area contributed by atoms with Crippen molar-refractivity contribution < 1.29 is 9.32 Å². The van der Waals surface area contributed by atoms with E-state index < -0.39 is 0 Å². The maximum Gasteiger partial charge on any atom is 0.261 e. The van der Waals surface area contributed by atoms with Crippen LogP contribution in [0.4, 0.5) is 5.69 Å². The van der Waals surface area contributed by atoms with Crippen molar-refractivity contribution in [1.82, 2.24) is 14.7 Å². The highest BCUT2D eigenvalue weighted by Gasteiger charge is 2.15. The summed E-state index contributed by atoms with van der Waals surface area (Å²) in [6.45, 7) is 6.65. The Morgan fingerprint density at radius 3 is 2.73 bits per heavy atom. The van der Waals surface area contributed by atoms with E-state index in [4.69, 9.17) is 4.52 Å². The Morgan fingerprint density at radius 1 is 1.17 bits per heavy atom. The zero-order valence-corrected chi connectivity index (χ0v) is 17.8. The van der Waals surface area contributed by atoms with Crippen molar-refractivity contribution in [2.75, 3.05) is 5.32 Å². The molecule has 0 atom stereocenters. The van der Waals surface area contributed by atoms with E-state index in [2.05, 4.69) is 22.4 Å². The average Bonchev–Trinajstić information content (AvgIpc) is 3.20. The van der Waals surface area contributed by atoms with E-state index in [0.717, 1.165) is 29.8 Å². The zero-order valence-electron chi connectivity index (χ0n) is 17.8. The SMILES string of the molecule is CCCn1c(C)ccc(-c2noc(CCCC(=O)Nc3ccccc3CC)n2)c1=O. The second kappa shape index (κ2) is 10.0. The van der Waals surface area contributed by atoms with Crippen LogP contribution in [-0.2, 0) is 24.2 Å². The van der Waals surface area contributed by atoms with Gasteiger partial charge in [0.2, 0.25) is 17.6 Å².